The van der Waals surface area contributed by atoms with Crippen LogP contribution in [0.25, 0.3) is 11.2 Å². The molecule has 0 bridgehead atoms. The standard InChI is InChI=1S/C13H20N4O/c1-9(2)8-18-7-6-17-12-11(16-13(17)14)10(3)4-5-15-12/h4-5,9H,6-8H2,1-3H3,(H2,14,16). The summed E-state index contributed by atoms with van der Waals surface area (Å²) in [7, 11) is 0. The molecule has 0 amide bonds. The summed E-state index contributed by atoms with van der Waals surface area (Å²) in [5.41, 5.74) is 8.72. The molecule has 2 N–H and O–H groups in total. The van der Waals surface area contributed by atoms with Gasteiger partial charge in [0.15, 0.2) is 5.65 Å². The Hall–Kier alpha value is -1.62. The van der Waals surface area contributed by atoms with Crippen molar-refractivity contribution in [1.29, 1.82) is 0 Å². The van der Waals surface area contributed by atoms with E-state index in [1.165, 1.54) is 0 Å². The van der Waals surface area contributed by atoms with Crippen molar-refractivity contribution in [2.75, 3.05) is 18.9 Å². The van der Waals surface area contributed by atoms with Crippen LogP contribution in [0.4, 0.5) is 5.95 Å². The summed E-state index contributed by atoms with van der Waals surface area (Å²) in [6.07, 6.45) is 1.78. The Labute approximate surface area is 107 Å². The maximum absolute atomic E-state index is 5.92. The molecule has 0 saturated heterocycles. The minimum absolute atomic E-state index is 0.500. The Kier molecular flexibility index (Phi) is 3.81. The minimum atomic E-state index is 0.500. The zero-order valence-corrected chi connectivity index (χ0v) is 11.2. The Bertz CT molecular complexity index is 533. The van der Waals surface area contributed by atoms with Crippen LogP contribution >= 0.6 is 0 Å². The molecule has 0 spiro atoms. The molecule has 2 aromatic rings. The van der Waals surface area contributed by atoms with Gasteiger partial charge in [-0.15, -0.1) is 0 Å². The van der Waals surface area contributed by atoms with E-state index in [-0.39, 0.29) is 0 Å². The summed E-state index contributed by atoms with van der Waals surface area (Å²) in [5, 5.41) is 0. The lowest BCUT2D eigenvalue weighted by atomic mass is 10.2. The fraction of sp³-hybridized carbons (Fsp3) is 0.538. The van der Waals surface area contributed by atoms with Crippen molar-refractivity contribution in [3.8, 4) is 0 Å². The van der Waals surface area contributed by atoms with Gasteiger partial charge in [0, 0.05) is 12.8 Å². The number of anilines is 1. The predicted octanol–water partition coefficient (Wildman–Crippen LogP) is 1.99. The number of pyridine rings is 1. The molecule has 0 aliphatic rings. The van der Waals surface area contributed by atoms with Gasteiger partial charge in [-0.25, -0.2) is 9.97 Å². The Morgan fingerprint density at radius 2 is 2.22 bits per heavy atom. The number of aryl methyl sites for hydroxylation is 1. The van der Waals surface area contributed by atoms with Crippen LogP contribution in [0.1, 0.15) is 19.4 Å². The van der Waals surface area contributed by atoms with E-state index in [9.17, 15) is 0 Å². The predicted molar refractivity (Wildman–Crippen MR) is 72.3 cm³/mol. The molecule has 2 rings (SSSR count). The van der Waals surface area contributed by atoms with Gasteiger partial charge in [0.05, 0.1) is 13.2 Å². The summed E-state index contributed by atoms with van der Waals surface area (Å²) in [6.45, 7) is 8.35. The van der Waals surface area contributed by atoms with Crippen LogP contribution in [-0.4, -0.2) is 27.7 Å². The molecule has 98 valence electrons. The average Bonchev–Trinajstić information content (AvgIpc) is 2.63. The molecule has 0 fully saturated rings. The SMILES string of the molecule is Cc1ccnc2c1nc(N)n2CCOCC(C)C. The second-order valence-corrected chi connectivity index (χ2v) is 4.89. The quantitative estimate of drug-likeness (QED) is 0.822. The molecule has 0 aliphatic carbocycles. The highest BCUT2D eigenvalue weighted by molar-refractivity contribution is 5.77. The van der Waals surface area contributed by atoms with E-state index in [1.54, 1.807) is 6.20 Å². The third kappa shape index (κ3) is 2.61. The first-order valence-corrected chi connectivity index (χ1v) is 6.24. The average molecular weight is 248 g/mol. The number of ether oxygens (including phenoxy) is 1. The zero-order valence-electron chi connectivity index (χ0n) is 11.2. The van der Waals surface area contributed by atoms with Crippen molar-refractivity contribution in [3.05, 3.63) is 17.8 Å². The maximum Gasteiger partial charge on any atom is 0.202 e. The van der Waals surface area contributed by atoms with Crippen molar-refractivity contribution in [2.24, 2.45) is 5.92 Å². The molecule has 0 atom stereocenters. The monoisotopic (exact) mass is 248 g/mol. The van der Waals surface area contributed by atoms with Crippen molar-refractivity contribution in [2.45, 2.75) is 27.3 Å². The smallest absolute Gasteiger partial charge is 0.202 e. The van der Waals surface area contributed by atoms with Gasteiger partial charge in [-0.2, -0.15) is 0 Å². The molecule has 0 aliphatic heterocycles. The molecule has 0 unspecified atom stereocenters. The Morgan fingerprint density at radius 1 is 1.44 bits per heavy atom. The third-order valence-corrected chi connectivity index (χ3v) is 2.78. The van der Waals surface area contributed by atoms with Gasteiger partial charge in [0.1, 0.15) is 5.52 Å². The summed E-state index contributed by atoms with van der Waals surface area (Å²) >= 11 is 0. The number of nitrogen functional groups attached to an aromatic ring is 1. The lowest BCUT2D eigenvalue weighted by molar-refractivity contribution is 0.104. The molecular weight excluding hydrogens is 228 g/mol. The van der Waals surface area contributed by atoms with E-state index in [1.807, 2.05) is 17.6 Å². The highest BCUT2D eigenvalue weighted by Gasteiger charge is 2.10. The highest BCUT2D eigenvalue weighted by Crippen LogP contribution is 2.18. The van der Waals surface area contributed by atoms with Gasteiger partial charge >= 0.3 is 0 Å². The first-order valence-electron chi connectivity index (χ1n) is 6.24. The zero-order chi connectivity index (χ0) is 13.1. The van der Waals surface area contributed by atoms with Crippen molar-refractivity contribution >= 4 is 17.1 Å². The second-order valence-electron chi connectivity index (χ2n) is 4.89. The number of nitrogens with two attached hydrogens (primary N) is 1. The van der Waals surface area contributed by atoms with E-state index in [2.05, 4.69) is 23.8 Å². The van der Waals surface area contributed by atoms with Gasteiger partial charge in [-0.1, -0.05) is 13.8 Å². The van der Waals surface area contributed by atoms with Crippen LogP contribution in [0.5, 0.6) is 0 Å². The van der Waals surface area contributed by atoms with E-state index in [4.69, 9.17) is 10.5 Å². The van der Waals surface area contributed by atoms with Crippen molar-refractivity contribution < 1.29 is 4.74 Å². The van der Waals surface area contributed by atoms with E-state index < -0.39 is 0 Å². The normalized spacial score (nSPS) is 11.6. The molecular formula is C13H20N4O. The van der Waals surface area contributed by atoms with Crippen LogP contribution in [0.2, 0.25) is 0 Å². The largest absolute Gasteiger partial charge is 0.379 e. The molecule has 2 heterocycles. The Balaban J connectivity index is 2.13. The molecule has 5 nitrogen and oxygen atoms in total. The lowest BCUT2D eigenvalue weighted by Crippen LogP contribution is -2.11. The molecule has 5 heteroatoms. The van der Waals surface area contributed by atoms with Crippen LogP contribution in [-0.2, 0) is 11.3 Å². The number of hydrogen-bond donors (Lipinski definition) is 1. The summed E-state index contributed by atoms with van der Waals surface area (Å²) in [4.78, 5) is 8.69. The van der Waals surface area contributed by atoms with E-state index >= 15 is 0 Å². The number of nitrogens with zero attached hydrogens (tertiary/aromatic N) is 3. The summed E-state index contributed by atoms with van der Waals surface area (Å²) < 4.78 is 7.48. The van der Waals surface area contributed by atoms with Crippen LogP contribution < -0.4 is 5.73 Å². The van der Waals surface area contributed by atoms with Crippen LogP contribution in [0.3, 0.4) is 0 Å². The second kappa shape index (κ2) is 5.35. The molecule has 0 saturated carbocycles. The highest BCUT2D eigenvalue weighted by atomic mass is 16.5. The number of fused-ring (bicyclic) bond motifs is 1. The molecule has 0 aromatic carbocycles. The minimum Gasteiger partial charge on any atom is -0.379 e. The van der Waals surface area contributed by atoms with Crippen LogP contribution in [0.15, 0.2) is 12.3 Å². The third-order valence-electron chi connectivity index (χ3n) is 2.78. The number of hydrogen-bond acceptors (Lipinski definition) is 4. The van der Waals surface area contributed by atoms with Crippen LogP contribution in [0, 0.1) is 12.8 Å². The molecule has 18 heavy (non-hydrogen) atoms. The number of aromatic nitrogens is 3. The van der Waals surface area contributed by atoms with Crippen molar-refractivity contribution in [3.63, 3.8) is 0 Å². The fourth-order valence-corrected chi connectivity index (χ4v) is 1.85. The van der Waals surface area contributed by atoms with Gasteiger partial charge in [0.2, 0.25) is 5.95 Å². The maximum atomic E-state index is 5.92. The first-order chi connectivity index (χ1) is 8.59. The fourth-order valence-electron chi connectivity index (χ4n) is 1.85. The molecule has 0 radical (unpaired) electrons. The van der Waals surface area contributed by atoms with Crippen molar-refractivity contribution in [1.82, 2.24) is 14.5 Å². The van der Waals surface area contributed by atoms with E-state index in [0.717, 1.165) is 23.3 Å². The first kappa shape index (κ1) is 12.8. The van der Waals surface area contributed by atoms with Gasteiger partial charge in [-0.05, 0) is 24.5 Å². The Morgan fingerprint density at radius 3 is 2.94 bits per heavy atom. The van der Waals surface area contributed by atoms with E-state index in [0.29, 0.717) is 25.0 Å². The number of rotatable bonds is 5. The lowest BCUT2D eigenvalue weighted by Gasteiger charge is -2.08. The topological polar surface area (TPSA) is 66.0 Å². The summed E-state index contributed by atoms with van der Waals surface area (Å²) in [6, 6.07) is 1.94. The van der Waals surface area contributed by atoms with Gasteiger partial charge < -0.3 is 10.5 Å². The summed E-state index contributed by atoms with van der Waals surface area (Å²) in [5.74, 6) is 1.04. The van der Waals surface area contributed by atoms with Gasteiger partial charge in [0.25, 0.3) is 0 Å². The number of imidazole rings is 1. The van der Waals surface area contributed by atoms with Gasteiger partial charge in [-0.3, -0.25) is 4.57 Å². The molecule has 2 aromatic heterocycles.